The molecule has 1 aromatic rings. The summed E-state index contributed by atoms with van der Waals surface area (Å²) in [7, 11) is 2.73. The lowest BCUT2D eigenvalue weighted by atomic mass is 10.1. The highest BCUT2D eigenvalue weighted by atomic mass is 28.3. The van der Waals surface area contributed by atoms with Crippen molar-refractivity contribution >= 4 is 22.2 Å². The quantitative estimate of drug-likeness (QED) is 0.728. The molecule has 0 unspecified atom stereocenters. The van der Waals surface area contributed by atoms with Gasteiger partial charge in [0.2, 0.25) is 0 Å². The van der Waals surface area contributed by atoms with Gasteiger partial charge in [-0.25, -0.2) is 0 Å². The van der Waals surface area contributed by atoms with Gasteiger partial charge in [-0.1, -0.05) is 49.6 Å². The second kappa shape index (κ2) is 9.39. The molecule has 0 N–H and O–H groups in total. The maximum absolute atomic E-state index is 4.61. The summed E-state index contributed by atoms with van der Waals surface area (Å²) in [6.07, 6.45) is 3.66. The summed E-state index contributed by atoms with van der Waals surface area (Å²) in [5.74, 6) is 0. The molecule has 0 bridgehead atoms. The zero-order valence-corrected chi connectivity index (χ0v) is 10.8. The van der Waals surface area contributed by atoms with Crippen LogP contribution >= 0.6 is 0 Å². The summed E-state index contributed by atoms with van der Waals surface area (Å²) in [6.45, 7) is 7.38. The minimum atomic E-state index is -0.568. The average Bonchev–Trinajstić information content (AvgIpc) is 2.31. The van der Waals surface area contributed by atoms with Crippen LogP contribution in [0.4, 0.5) is 0 Å². The molecule has 0 amide bonds. The first kappa shape index (κ1) is 13.8. The van der Waals surface area contributed by atoms with Crippen molar-refractivity contribution in [3.05, 3.63) is 48.6 Å². The zero-order valence-electron chi connectivity index (χ0n) is 9.40. The molecule has 0 atom stereocenters. The summed E-state index contributed by atoms with van der Waals surface area (Å²) < 4.78 is 9.22. The largest absolute Gasteiger partial charge is 0.402 e. The SMILES string of the molecule is C=Cc1ccccc1C=C.CO[SiH2]OC. The van der Waals surface area contributed by atoms with Gasteiger partial charge in [0.05, 0.1) is 0 Å². The van der Waals surface area contributed by atoms with E-state index in [1.54, 1.807) is 14.2 Å². The second-order valence-electron chi connectivity index (χ2n) is 2.73. The van der Waals surface area contributed by atoms with Gasteiger partial charge in [0.15, 0.2) is 0 Å². The molecule has 0 aromatic heterocycles. The van der Waals surface area contributed by atoms with Crippen LogP contribution in [0.15, 0.2) is 37.4 Å². The third-order valence-corrected chi connectivity index (χ3v) is 2.14. The van der Waals surface area contributed by atoms with Crippen molar-refractivity contribution in [3.63, 3.8) is 0 Å². The highest BCUT2D eigenvalue weighted by Gasteiger charge is 1.89. The number of hydrogen-bond acceptors (Lipinski definition) is 2. The first-order valence-corrected chi connectivity index (χ1v) is 5.77. The molecule has 0 fully saturated rings. The predicted octanol–water partition coefficient (Wildman–Crippen LogP) is 2.25. The Labute approximate surface area is 94.3 Å². The molecule has 1 rings (SSSR count). The molecule has 0 saturated heterocycles. The van der Waals surface area contributed by atoms with E-state index in [0.717, 1.165) is 11.1 Å². The Hall–Kier alpha value is -1.16. The van der Waals surface area contributed by atoms with Gasteiger partial charge in [0.1, 0.15) is 0 Å². The van der Waals surface area contributed by atoms with Crippen LogP contribution in [0.25, 0.3) is 12.2 Å². The standard InChI is InChI=1S/C10H10.C2H8O2Si/c1-3-9-7-5-6-8-10(9)4-2;1-3-5-4-2/h3-8H,1-2H2;5H2,1-2H3. The van der Waals surface area contributed by atoms with Crippen LogP contribution in [0.5, 0.6) is 0 Å². The van der Waals surface area contributed by atoms with Gasteiger partial charge in [0, 0.05) is 14.2 Å². The Kier molecular flexibility index (Phi) is 8.67. The molecule has 0 saturated carbocycles. The summed E-state index contributed by atoms with van der Waals surface area (Å²) in [5, 5.41) is 0. The molecular weight excluding hydrogens is 204 g/mol. The number of benzene rings is 1. The Balaban J connectivity index is 0.000000336. The fraction of sp³-hybridized carbons (Fsp3) is 0.167. The average molecular weight is 222 g/mol. The van der Waals surface area contributed by atoms with E-state index in [0.29, 0.717) is 0 Å². The summed E-state index contributed by atoms with van der Waals surface area (Å²) in [5.41, 5.74) is 2.27. The number of hydrogen-bond donors (Lipinski definition) is 0. The van der Waals surface area contributed by atoms with Crippen LogP contribution in [-0.2, 0) is 8.85 Å². The molecule has 15 heavy (non-hydrogen) atoms. The molecule has 0 aliphatic rings. The summed E-state index contributed by atoms with van der Waals surface area (Å²) >= 11 is 0. The Morgan fingerprint density at radius 3 is 1.60 bits per heavy atom. The maximum atomic E-state index is 4.61. The van der Waals surface area contributed by atoms with Crippen molar-refractivity contribution in [2.75, 3.05) is 14.2 Å². The molecule has 0 spiro atoms. The zero-order chi connectivity index (χ0) is 11.5. The molecule has 82 valence electrons. The van der Waals surface area contributed by atoms with E-state index in [1.165, 1.54) is 0 Å². The lowest BCUT2D eigenvalue weighted by Crippen LogP contribution is -1.93. The van der Waals surface area contributed by atoms with Crippen molar-refractivity contribution < 1.29 is 8.85 Å². The predicted molar refractivity (Wildman–Crippen MR) is 69.2 cm³/mol. The van der Waals surface area contributed by atoms with Crippen molar-refractivity contribution in [2.45, 2.75) is 0 Å². The molecule has 2 nitrogen and oxygen atoms in total. The number of rotatable bonds is 4. The lowest BCUT2D eigenvalue weighted by molar-refractivity contribution is 0.309. The van der Waals surface area contributed by atoms with E-state index in [-0.39, 0.29) is 0 Å². The minimum Gasteiger partial charge on any atom is -0.402 e. The maximum Gasteiger partial charge on any atom is 0.303 e. The van der Waals surface area contributed by atoms with E-state index in [2.05, 4.69) is 22.0 Å². The third-order valence-electron chi connectivity index (χ3n) is 1.67. The Morgan fingerprint density at radius 2 is 1.40 bits per heavy atom. The molecule has 0 heterocycles. The Morgan fingerprint density at radius 1 is 1.00 bits per heavy atom. The van der Waals surface area contributed by atoms with E-state index in [1.807, 2.05) is 36.4 Å². The second-order valence-corrected chi connectivity index (χ2v) is 4.12. The fourth-order valence-corrected chi connectivity index (χ4v) is 1.24. The molecule has 3 heteroatoms. The third kappa shape index (κ3) is 6.01. The van der Waals surface area contributed by atoms with Crippen LogP contribution in [0, 0.1) is 0 Å². The van der Waals surface area contributed by atoms with Crippen molar-refractivity contribution in [2.24, 2.45) is 0 Å². The molecule has 0 aliphatic heterocycles. The van der Waals surface area contributed by atoms with Crippen molar-refractivity contribution in [3.8, 4) is 0 Å². The Bertz CT molecular complexity index is 268. The smallest absolute Gasteiger partial charge is 0.303 e. The lowest BCUT2D eigenvalue weighted by Gasteiger charge is -1.96. The molecule has 0 radical (unpaired) electrons. The van der Waals surface area contributed by atoms with Crippen LogP contribution in [0.2, 0.25) is 0 Å². The first-order chi connectivity index (χ1) is 7.29. The van der Waals surface area contributed by atoms with Crippen molar-refractivity contribution in [1.29, 1.82) is 0 Å². The molecule has 1 aromatic carbocycles. The van der Waals surface area contributed by atoms with E-state index in [9.17, 15) is 0 Å². The normalized spacial score (nSPS) is 8.67. The fourth-order valence-electron chi connectivity index (χ4n) is 1.00. The highest BCUT2D eigenvalue weighted by molar-refractivity contribution is 6.17. The van der Waals surface area contributed by atoms with E-state index in [4.69, 9.17) is 0 Å². The van der Waals surface area contributed by atoms with Crippen LogP contribution in [0.3, 0.4) is 0 Å². The van der Waals surface area contributed by atoms with Crippen LogP contribution in [0.1, 0.15) is 11.1 Å². The van der Waals surface area contributed by atoms with Gasteiger partial charge in [-0.2, -0.15) is 0 Å². The summed E-state index contributed by atoms with van der Waals surface area (Å²) in [6, 6.07) is 8.02. The first-order valence-electron chi connectivity index (χ1n) is 4.62. The van der Waals surface area contributed by atoms with E-state index >= 15 is 0 Å². The minimum absolute atomic E-state index is 0.568. The van der Waals surface area contributed by atoms with Gasteiger partial charge < -0.3 is 8.85 Å². The molecule has 0 aliphatic carbocycles. The van der Waals surface area contributed by atoms with Gasteiger partial charge in [-0.3, -0.25) is 0 Å². The van der Waals surface area contributed by atoms with Crippen molar-refractivity contribution in [1.82, 2.24) is 0 Å². The van der Waals surface area contributed by atoms with Gasteiger partial charge in [-0.05, 0) is 11.1 Å². The monoisotopic (exact) mass is 222 g/mol. The van der Waals surface area contributed by atoms with Gasteiger partial charge in [0.25, 0.3) is 0 Å². The van der Waals surface area contributed by atoms with E-state index < -0.39 is 10.0 Å². The highest BCUT2D eigenvalue weighted by Crippen LogP contribution is 2.10. The van der Waals surface area contributed by atoms with Gasteiger partial charge in [-0.15, -0.1) is 0 Å². The van der Waals surface area contributed by atoms with Crippen LogP contribution < -0.4 is 0 Å². The van der Waals surface area contributed by atoms with Crippen LogP contribution in [-0.4, -0.2) is 24.2 Å². The van der Waals surface area contributed by atoms with Gasteiger partial charge >= 0.3 is 10.0 Å². The topological polar surface area (TPSA) is 18.5 Å². The summed E-state index contributed by atoms with van der Waals surface area (Å²) in [4.78, 5) is 0. The molecular formula is C12H18O2Si.